The number of nitrogens with zero attached hydrogens (tertiary/aromatic N) is 3. The van der Waals surface area contributed by atoms with Crippen LogP contribution in [0.15, 0.2) is 45.6 Å². The van der Waals surface area contributed by atoms with E-state index >= 15 is 0 Å². The van der Waals surface area contributed by atoms with Crippen molar-refractivity contribution in [2.75, 3.05) is 11.4 Å². The van der Waals surface area contributed by atoms with E-state index in [1.54, 1.807) is 6.20 Å². The molecule has 6 nitrogen and oxygen atoms in total. The van der Waals surface area contributed by atoms with Crippen LogP contribution in [0.3, 0.4) is 0 Å². The molecule has 6 aliphatic carbocycles. The smallest absolute Gasteiger partial charge is 0.248 e. The summed E-state index contributed by atoms with van der Waals surface area (Å²) in [5.74, 6) is 0.460. The van der Waals surface area contributed by atoms with E-state index in [4.69, 9.17) is 13.8 Å². The molecule has 6 fully saturated rings. The van der Waals surface area contributed by atoms with Gasteiger partial charge in [-0.15, -0.1) is 0 Å². The zero-order chi connectivity index (χ0) is 27.8. The lowest BCUT2D eigenvalue weighted by Gasteiger charge is -2.53. The summed E-state index contributed by atoms with van der Waals surface area (Å²) in [6.45, 7) is 0.608. The van der Waals surface area contributed by atoms with Gasteiger partial charge < -0.3 is 13.7 Å². The molecule has 2 heterocycles. The maximum absolute atomic E-state index is 13.8. The van der Waals surface area contributed by atoms with Gasteiger partial charge in [0.15, 0.2) is 17.5 Å². The number of hydrogen-bond donors (Lipinski definition) is 0. The number of rotatable bonds is 9. The Bertz CT molecular complexity index is 1440. The van der Waals surface area contributed by atoms with Crippen molar-refractivity contribution in [3.8, 4) is 11.3 Å². The van der Waals surface area contributed by atoms with E-state index < -0.39 is 5.92 Å². The van der Waals surface area contributed by atoms with Gasteiger partial charge in [0.1, 0.15) is 6.26 Å². The van der Waals surface area contributed by atoms with Gasteiger partial charge in [-0.3, -0.25) is 4.79 Å². The number of aromatic nitrogens is 2. The highest BCUT2D eigenvalue weighted by Gasteiger charge is 2.53. The van der Waals surface area contributed by atoms with E-state index in [1.807, 2.05) is 35.4 Å². The molecule has 0 unspecified atom stereocenters. The summed E-state index contributed by atoms with van der Waals surface area (Å²) in [6.07, 6.45) is 14.1. The van der Waals surface area contributed by atoms with Crippen LogP contribution in [0.2, 0.25) is 0 Å². The maximum atomic E-state index is 13.8. The van der Waals surface area contributed by atoms with Crippen LogP contribution < -0.4 is 4.90 Å². The average molecular weight is 562 g/mol. The van der Waals surface area contributed by atoms with Gasteiger partial charge in [-0.05, 0) is 87.7 Å². The van der Waals surface area contributed by atoms with Gasteiger partial charge in [0, 0.05) is 54.3 Å². The van der Waals surface area contributed by atoms with Crippen LogP contribution in [0.25, 0.3) is 11.3 Å². The molecular weight excluding hydrogens is 524 g/mol. The molecule has 6 aliphatic rings. The summed E-state index contributed by atoms with van der Waals surface area (Å²) < 4.78 is 39.4. The van der Waals surface area contributed by atoms with Crippen LogP contribution in [0.4, 0.5) is 14.5 Å². The third-order valence-electron chi connectivity index (χ3n) is 10.7. The Labute approximate surface area is 238 Å². The van der Waals surface area contributed by atoms with Crippen LogP contribution in [-0.4, -0.2) is 28.3 Å². The van der Waals surface area contributed by atoms with Crippen molar-refractivity contribution in [3.63, 3.8) is 0 Å². The van der Waals surface area contributed by atoms with E-state index in [1.165, 1.54) is 12.8 Å². The summed E-state index contributed by atoms with van der Waals surface area (Å²) >= 11 is 0. The molecule has 0 aliphatic heterocycles. The first kappa shape index (κ1) is 25.7. The standard InChI is InChI=1S/C33H37F2N3O3/c34-33(35)16-21(17-33)14-28(39)38(25-3-1-2-24(15-25)27-18-36-29(41-27)23-6-7-23)20-31-8-11-32(12-9-31,13-10-31)30-37-26(19-40-30)22-4-5-22/h1-3,15,18-19,21-23H,4-14,16-17,20H2. The van der Waals surface area contributed by atoms with E-state index in [9.17, 15) is 13.6 Å². The number of carbonyl (C=O) groups excluding carboxylic acids is 1. The fraction of sp³-hybridized carbons (Fsp3) is 0.606. The molecule has 0 saturated heterocycles. The van der Waals surface area contributed by atoms with Crippen LogP contribution in [0.1, 0.15) is 113 Å². The normalized spacial score (nSPS) is 28.9. The van der Waals surface area contributed by atoms with Gasteiger partial charge in [0.25, 0.3) is 0 Å². The molecule has 0 radical (unpaired) electrons. The van der Waals surface area contributed by atoms with Crippen LogP contribution in [-0.2, 0) is 10.2 Å². The highest BCUT2D eigenvalue weighted by atomic mass is 19.3. The molecule has 41 heavy (non-hydrogen) atoms. The Hall–Kier alpha value is -3.03. The molecule has 0 atom stereocenters. The summed E-state index contributed by atoms with van der Waals surface area (Å²) in [5, 5.41) is 0. The highest BCUT2D eigenvalue weighted by Crippen LogP contribution is 2.58. The zero-order valence-corrected chi connectivity index (χ0v) is 23.4. The first-order valence-electron chi connectivity index (χ1n) is 15.5. The van der Waals surface area contributed by atoms with Crippen LogP contribution >= 0.6 is 0 Å². The molecule has 1 amide bonds. The molecule has 0 spiro atoms. The Morgan fingerprint density at radius 2 is 1.73 bits per heavy atom. The summed E-state index contributed by atoms with van der Waals surface area (Å²) in [7, 11) is 0. The second kappa shape index (κ2) is 9.23. The lowest BCUT2D eigenvalue weighted by atomic mass is 9.53. The number of fused-ring (bicyclic) bond motifs is 3. The van der Waals surface area contributed by atoms with Crippen molar-refractivity contribution < 1.29 is 22.4 Å². The van der Waals surface area contributed by atoms with Gasteiger partial charge in [-0.1, -0.05) is 12.1 Å². The second-order valence-corrected chi connectivity index (χ2v) is 13.8. The second-order valence-electron chi connectivity index (χ2n) is 13.8. The largest absolute Gasteiger partial charge is 0.448 e. The minimum Gasteiger partial charge on any atom is -0.448 e. The highest BCUT2D eigenvalue weighted by molar-refractivity contribution is 5.94. The molecule has 2 aromatic heterocycles. The van der Waals surface area contributed by atoms with Crippen molar-refractivity contribution >= 4 is 11.6 Å². The number of benzene rings is 1. The molecule has 8 heteroatoms. The minimum atomic E-state index is -2.63. The molecule has 6 saturated carbocycles. The molecule has 2 bridgehead atoms. The zero-order valence-electron chi connectivity index (χ0n) is 23.4. The molecular formula is C33H37F2N3O3. The van der Waals surface area contributed by atoms with Gasteiger partial charge in [0.05, 0.1) is 11.9 Å². The monoisotopic (exact) mass is 561 g/mol. The van der Waals surface area contributed by atoms with Gasteiger partial charge >= 0.3 is 0 Å². The first-order chi connectivity index (χ1) is 19.8. The number of hydrogen-bond acceptors (Lipinski definition) is 5. The van der Waals surface area contributed by atoms with Gasteiger partial charge in [-0.25, -0.2) is 18.7 Å². The Morgan fingerprint density at radius 3 is 2.41 bits per heavy atom. The van der Waals surface area contributed by atoms with Crippen LogP contribution in [0, 0.1) is 11.3 Å². The number of anilines is 1. The molecule has 216 valence electrons. The Morgan fingerprint density at radius 1 is 1.00 bits per heavy atom. The molecule has 3 aromatic rings. The van der Waals surface area contributed by atoms with Gasteiger partial charge in [-0.2, -0.15) is 0 Å². The summed E-state index contributed by atoms with van der Waals surface area (Å²) in [6, 6.07) is 7.90. The molecule has 9 rings (SSSR count). The predicted octanol–water partition coefficient (Wildman–Crippen LogP) is 8.15. The predicted molar refractivity (Wildman–Crippen MR) is 149 cm³/mol. The quantitative estimate of drug-likeness (QED) is 0.264. The van der Waals surface area contributed by atoms with Gasteiger partial charge in [0.2, 0.25) is 11.8 Å². The summed E-state index contributed by atoms with van der Waals surface area (Å²) in [5.41, 5.74) is 2.82. The molecule has 1 aromatic carbocycles. The van der Waals surface area contributed by atoms with Crippen molar-refractivity contribution in [3.05, 3.63) is 54.2 Å². The fourth-order valence-electron chi connectivity index (χ4n) is 7.63. The fourth-order valence-corrected chi connectivity index (χ4v) is 7.63. The molecule has 0 N–H and O–H groups in total. The third kappa shape index (κ3) is 4.81. The number of oxazole rings is 2. The number of halogens is 2. The van der Waals surface area contributed by atoms with Crippen LogP contribution in [0.5, 0.6) is 0 Å². The van der Waals surface area contributed by atoms with E-state index in [2.05, 4.69) is 4.98 Å². The topological polar surface area (TPSA) is 72.4 Å². The number of alkyl halides is 2. The van der Waals surface area contributed by atoms with Crippen molar-refractivity contribution in [1.29, 1.82) is 0 Å². The number of carbonyl (C=O) groups is 1. The third-order valence-corrected chi connectivity index (χ3v) is 10.7. The Kier molecular flexibility index (Phi) is 5.78. The maximum Gasteiger partial charge on any atom is 0.248 e. The lowest BCUT2D eigenvalue weighted by Crippen LogP contribution is -2.51. The van der Waals surface area contributed by atoms with Crippen molar-refractivity contribution in [2.24, 2.45) is 11.3 Å². The SMILES string of the molecule is O=C(CC1CC(F)(F)C1)N(CC12CCC(c3nc(C4CC4)co3)(CC1)CC2)c1cccc(-c2cnc(C3CC3)o2)c1. The van der Waals surface area contributed by atoms with E-state index in [-0.39, 0.29) is 41.9 Å². The average Bonchev–Trinajstić information content (AvgIpc) is 3.90. The summed E-state index contributed by atoms with van der Waals surface area (Å²) in [4.78, 5) is 25.1. The first-order valence-corrected chi connectivity index (χ1v) is 15.5. The minimum absolute atomic E-state index is 0.00666. The van der Waals surface area contributed by atoms with Crippen molar-refractivity contribution in [2.45, 2.75) is 107 Å². The lowest BCUT2D eigenvalue weighted by molar-refractivity contribution is -0.132. The van der Waals surface area contributed by atoms with Crippen molar-refractivity contribution in [1.82, 2.24) is 9.97 Å². The number of amides is 1. The Balaban J connectivity index is 1.04. The van der Waals surface area contributed by atoms with E-state index in [0.717, 1.165) is 80.1 Å². The van der Waals surface area contributed by atoms with E-state index in [0.29, 0.717) is 24.1 Å².